The van der Waals surface area contributed by atoms with Crippen molar-refractivity contribution in [3.8, 4) is 5.75 Å². The molecule has 0 bridgehead atoms. The lowest BCUT2D eigenvalue weighted by Gasteiger charge is -2.18. The molecule has 1 aromatic rings. The molecule has 2 nitrogen and oxygen atoms in total. The van der Waals surface area contributed by atoms with E-state index < -0.39 is 0 Å². The molecule has 12 heavy (non-hydrogen) atoms. The van der Waals surface area contributed by atoms with Crippen molar-refractivity contribution in [2.45, 2.75) is 13.3 Å². The van der Waals surface area contributed by atoms with Gasteiger partial charge in [-0.05, 0) is 24.6 Å². The van der Waals surface area contributed by atoms with Crippen molar-refractivity contribution in [3.05, 3.63) is 29.3 Å². The summed E-state index contributed by atoms with van der Waals surface area (Å²) in [6.07, 6.45) is 0.732. The lowest BCUT2D eigenvalue weighted by atomic mass is 10.0. The minimum atomic E-state index is 0.648. The van der Waals surface area contributed by atoms with E-state index in [1.807, 2.05) is 25.1 Å². The number of fused-ring (bicyclic) bond motifs is 1. The Kier molecular flexibility index (Phi) is 1.61. The molecule has 2 rings (SSSR count). The molecule has 1 aromatic carbocycles. The Bertz CT molecular complexity index is 331. The highest BCUT2D eigenvalue weighted by Gasteiger charge is 2.14. The van der Waals surface area contributed by atoms with Crippen molar-refractivity contribution < 1.29 is 4.74 Å². The minimum Gasteiger partial charge on any atom is -0.492 e. The van der Waals surface area contributed by atoms with Gasteiger partial charge in [-0.3, -0.25) is 0 Å². The van der Waals surface area contributed by atoms with Gasteiger partial charge in [0, 0.05) is 17.7 Å². The molecule has 0 amide bonds. The Hall–Kier alpha value is -1.31. The minimum absolute atomic E-state index is 0.648. The second kappa shape index (κ2) is 2.63. The molecule has 2 heteroatoms. The molecule has 1 aliphatic rings. The van der Waals surface area contributed by atoms with Crippen molar-refractivity contribution >= 4 is 5.71 Å². The topological polar surface area (TPSA) is 33.1 Å². The summed E-state index contributed by atoms with van der Waals surface area (Å²) < 4.78 is 5.43. The van der Waals surface area contributed by atoms with Gasteiger partial charge < -0.3 is 10.1 Å². The average molecular weight is 161 g/mol. The quantitative estimate of drug-likeness (QED) is 0.621. The SMILES string of the molecule is Cc1ccc2c(c1)OCCC2=N. The van der Waals surface area contributed by atoms with Crippen LogP contribution < -0.4 is 4.74 Å². The molecule has 1 heterocycles. The fourth-order valence-corrected chi connectivity index (χ4v) is 1.40. The highest BCUT2D eigenvalue weighted by Crippen LogP contribution is 2.25. The molecule has 0 saturated carbocycles. The summed E-state index contributed by atoms with van der Waals surface area (Å²) in [5, 5.41) is 7.66. The summed E-state index contributed by atoms with van der Waals surface area (Å²) >= 11 is 0. The van der Waals surface area contributed by atoms with Gasteiger partial charge in [-0.25, -0.2) is 0 Å². The summed E-state index contributed by atoms with van der Waals surface area (Å²) in [5.74, 6) is 0.867. The van der Waals surface area contributed by atoms with E-state index in [9.17, 15) is 0 Å². The van der Waals surface area contributed by atoms with E-state index in [1.165, 1.54) is 5.56 Å². The standard InChI is InChI=1S/C10H11NO/c1-7-2-3-8-9(11)4-5-12-10(8)6-7/h2-3,6,11H,4-5H2,1H3. The average Bonchev–Trinajstić information content (AvgIpc) is 2.04. The predicted octanol–water partition coefficient (Wildman–Crippen LogP) is 2.15. The van der Waals surface area contributed by atoms with Crippen LogP contribution in [0.4, 0.5) is 0 Å². The summed E-state index contributed by atoms with van der Waals surface area (Å²) in [7, 11) is 0. The predicted molar refractivity (Wildman–Crippen MR) is 48.1 cm³/mol. The van der Waals surface area contributed by atoms with Crippen molar-refractivity contribution in [1.29, 1.82) is 5.41 Å². The van der Waals surface area contributed by atoms with Gasteiger partial charge >= 0.3 is 0 Å². The first-order valence-corrected chi connectivity index (χ1v) is 4.08. The number of hydrogen-bond donors (Lipinski definition) is 1. The molecular formula is C10H11NO. The second-order valence-corrected chi connectivity index (χ2v) is 3.08. The van der Waals surface area contributed by atoms with Gasteiger partial charge in [-0.15, -0.1) is 0 Å². The molecule has 0 spiro atoms. The molecule has 0 fully saturated rings. The van der Waals surface area contributed by atoms with E-state index in [1.54, 1.807) is 0 Å². The number of hydrogen-bond acceptors (Lipinski definition) is 2. The molecule has 0 radical (unpaired) electrons. The zero-order valence-corrected chi connectivity index (χ0v) is 7.05. The number of nitrogens with one attached hydrogen (secondary N) is 1. The number of aryl methyl sites for hydroxylation is 1. The number of benzene rings is 1. The third-order valence-corrected chi connectivity index (χ3v) is 2.07. The van der Waals surface area contributed by atoms with E-state index in [2.05, 4.69) is 0 Å². The first-order chi connectivity index (χ1) is 5.77. The summed E-state index contributed by atoms with van der Waals surface area (Å²) in [6, 6.07) is 5.97. The third kappa shape index (κ3) is 1.09. The smallest absolute Gasteiger partial charge is 0.128 e. The van der Waals surface area contributed by atoms with Crippen LogP contribution in [0.1, 0.15) is 17.5 Å². The van der Waals surface area contributed by atoms with Gasteiger partial charge in [0.25, 0.3) is 0 Å². The van der Waals surface area contributed by atoms with Crippen LogP contribution in [0.2, 0.25) is 0 Å². The summed E-state index contributed by atoms with van der Waals surface area (Å²) in [5.41, 5.74) is 2.83. The monoisotopic (exact) mass is 161 g/mol. The van der Waals surface area contributed by atoms with Gasteiger partial charge in [0.15, 0.2) is 0 Å². The summed E-state index contributed by atoms with van der Waals surface area (Å²) in [4.78, 5) is 0. The fraction of sp³-hybridized carbons (Fsp3) is 0.300. The van der Waals surface area contributed by atoms with Crippen molar-refractivity contribution in [1.82, 2.24) is 0 Å². The molecular weight excluding hydrogens is 150 g/mol. The van der Waals surface area contributed by atoms with Crippen LogP contribution in [0.3, 0.4) is 0 Å². The van der Waals surface area contributed by atoms with Crippen LogP contribution >= 0.6 is 0 Å². The lowest BCUT2D eigenvalue weighted by molar-refractivity contribution is 0.320. The maximum atomic E-state index is 7.66. The van der Waals surface area contributed by atoms with Gasteiger partial charge in [0.1, 0.15) is 5.75 Å². The maximum absolute atomic E-state index is 7.66. The number of rotatable bonds is 0. The Morgan fingerprint density at radius 2 is 2.25 bits per heavy atom. The van der Waals surface area contributed by atoms with Gasteiger partial charge in [-0.1, -0.05) is 6.07 Å². The van der Waals surface area contributed by atoms with E-state index in [4.69, 9.17) is 10.1 Å². The Balaban J connectivity index is 2.53. The summed E-state index contributed by atoms with van der Waals surface area (Å²) in [6.45, 7) is 2.68. The largest absolute Gasteiger partial charge is 0.492 e. The highest BCUT2D eigenvalue weighted by molar-refractivity contribution is 6.01. The fourth-order valence-electron chi connectivity index (χ4n) is 1.40. The van der Waals surface area contributed by atoms with Gasteiger partial charge in [0.05, 0.1) is 6.61 Å². The Labute approximate surface area is 71.7 Å². The molecule has 0 aromatic heterocycles. The Morgan fingerprint density at radius 3 is 3.08 bits per heavy atom. The van der Waals surface area contributed by atoms with Crippen LogP contribution in [-0.4, -0.2) is 12.3 Å². The zero-order valence-electron chi connectivity index (χ0n) is 7.05. The molecule has 0 saturated heterocycles. The van der Waals surface area contributed by atoms with E-state index in [-0.39, 0.29) is 0 Å². The van der Waals surface area contributed by atoms with E-state index in [0.717, 1.165) is 17.7 Å². The molecule has 1 aliphatic heterocycles. The number of ether oxygens (including phenoxy) is 1. The highest BCUT2D eigenvalue weighted by atomic mass is 16.5. The van der Waals surface area contributed by atoms with Crippen molar-refractivity contribution in [2.24, 2.45) is 0 Å². The van der Waals surface area contributed by atoms with Gasteiger partial charge in [0.2, 0.25) is 0 Å². The van der Waals surface area contributed by atoms with E-state index >= 15 is 0 Å². The Morgan fingerprint density at radius 1 is 1.42 bits per heavy atom. The second-order valence-electron chi connectivity index (χ2n) is 3.08. The molecule has 0 aliphatic carbocycles. The molecule has 0 unspecified atom stereocenters. The van der Waals surface area contributed by atoms with Crippen LogP contribution in [0.15, 0.2) is 18.2 Å². The molecule has 0 atom stereocenters. The van der Waals surface area contributed by atoms with Crippen LogP contribution in [0.25, 0.3) is 0 Å². The third-order valence-electron chi connectivity index (χ3n) is 2.07. The lowest BCUT2D eigenvalue weighted by Crippen LogP contribution is -2.15. The first-order valence-electron chi connectivity index (χ1n) is 4.08. The maximum Gasteiger partial charge on any atom is 0.128 e. The van der Waals surface area contributed by atoms with Gasteiger partial charge in [-0.2, -0.15) is 0 Å². The molecule has 62 valence electrons. The normalized spacial score (nSPS) is 15.2. The van der Waals surface area contributed by atoms with Crippen LogP contribution in [0, 0.1) is 12.3 Å². The zero-order chi connectivity index (χ0) is 8.55. The van der Waals surface area contributed by atoms with Crippen LogP contribution in [0.5, 0.6) is 5.75 Å². The van der Waals surface area contributed by atoms with Crippen LogP contribution in [-0.2, 0) is 0 Å². The molecule has 1 N–H and O–H groups in total. The van der Waals surface area contributed by atoms with E-state index in [0.29, 0.717) is 12.3 Å². The first kappa shape index (κ1) is 7.35. The van der Waals surface area contributed by atoms with Crippen molar-refractivity contribution in [3.63, 3.8) is 0 Å². The van der Waals surface area contributed by atoms with Crippen molar-refractivity contribution in [2.75, 3.05) is 6.61 Å².